The predicted molar refractivity (Wildman–Crippen MR) is 131 cm³/mol. The van der Waals surface area contributed by atoms with Crippen molar-refractivity contribution in [2.45, 2.75) is 49.5 Å². The van der Waals surface area contributed by atoms with E-state index in [1.165, 1.54) is 47.5 Å². The summed E-state index contributed by atoms with van der Waals surface area (Å²) in [5.74, 6) is 2.26. The van der Waals surface area contributed by atoms with Crippen LogP contribution in [0.2, 0.25) is 0 Å². The molecule has 1 aliphatic heterocycles. The number of rotatable bonds is 4. The number of esters is 1. The standard InChI is InChI=1S/C26H30O2S2/c1-4-28-24(27)21-11-8-19(9-12-21)6-7-20-10-13-22-23(18-20)26(15-14-25(22,2)3)29-16-5-17-30-26/h6-13,18H,4-5,14-17H2,1-3H3/b7-6+. The second-order valence-corrected chi connectivity index (χ2v) is 11.7. The van der Waals surface area contributed by atoms with Crippen LogP contribution in [-0.4, -0.2) is 24.1 Å². The second-order valence-electron chi connectivity index (χ2n) is 8.67. The van der Waals surface area contributed by atoms with Crippen LogP contribution in [0.25, 0.3) is 12.2 Å². The molecule has 0 aromatic heterocycles. The normalized spacial score (nSPS) is 19.6. The Kier molecular flexibility index (Phi) is 6.36. The van der Waals surface area contributed by atoms with Gasteiger partial charge in [-0.2, -0.15) is 0 Å². The van der Waals surface area contributed by atoms with Crippen LogP contribution in [0.5, 0.6) is 0 Å². The number of hydrogen-bond donors (Lipinski definition) is 0. The smallest absolute Gasteiger partial charge is 0.338 e. The zero-order valence-corrected chi connectivity index (χ0v) is 19.7. The van der Waals surface area contributed by atoms with E-state index in [-0.39, 0.29) is 15.5 Å². The number of fused-ring (bicyclic) bond motifs is 2. The van der Waals surface area contributed by atoms with Crippen molar-refractivity contribution in [1.29, 1.82) is 0 Å². The molecule has 2 aromatic carbocycles. The summed E-state index contributed by atoms with van der Waals surface area (Å²) < 4.78 is 5.29. The van der Waals surface area contributed by atoms with Crippen LogP contribution in [0.4, 0.5) is 0 Å². The number of carbonyl (C=O) groups is 1. The maximum atomic E-state index is 11.8. The first kappa shape index (κ1) is 21.6. The fourth-order valence-electron chi connectivity index (χ4n) is 4.33. The molecule has 1 aliphatic carbocycles. The lowest BCUT2D eigenvalue weighted by Gasteiger charge is -2.46. The van der Waals surface area contributed by atoms with Crippen molar-refractivity contribution in [2.75, 3.05) is 18.1 Å². The molecule has 1 spiro atoms. The first-order valence-electron chi connectivity index (χ1n) is 10.8. The molecule has 2 nitrogen and oxygen atoms in total. The number of thioether (sulfide) groups is 2. The molecule has 1 heterocycles. The lowest BCUT2D eigenvalue weighted by atomic mass is 9.72. The summed E-state index contributed by atoms with van der Waals surface area (Å²) in [6, 6.07) is 14.6. The molecule has 4 rings (SSSR count). The van der Waals surface area contributed by atoms with E-state index in [1.807, 2.05) is 31.2 Å². The fourth-order valence-corrected chi connectivity index (χ4v) is 7.72. The molecule has 0 amide bonds. The Hall–Kier alpha value is -1.65. The third-order valence-corrected chi connectivity index (χ3v) is 9.58. The second kappa shape index (κ2) is 8.84. The molecule has 0 atom stereocenters. The highest BCUT2D eigenvalue weighted by Crippen LogP contribution is 2.59. The molecular weight excluding hydrogens is 408 g/mol. The maximum absolute atomic E-state index is 11.8. The molecule has 30 heavy (non-hydrogen) atoms. The van der Waals surface area contributed by atoms with Crippen LogP contribution in [-0.2, 0) is 14.2 Å². The van der Waals surface area contributed by atoms with Crippen molar-refractivity contribution < 1.29 is 9.53 Å². The molecule has 4 heteroatoms. The molecule has 0 unspecified atom stereocenters. The third kappa shape index (κ3) is 4.36. The van der Waals surface area contributed by atoms with Gasteiger partial charge < -0.3 is 4.74 Å². The molecule has 158 valence electrons. The van der Waals surface area contributed by atoms with Gasteiger partial charge in [-0.05, 0) is 83.6 Å². The van der Waals surface area contributed by atoms with Crippen LogP contribution >= 0.6 is 23.5 Å². The highest BCUT2D eigenvalue weighted by Gasteiger charge is 2.44. The number of ether oxygens (including phenoxy) is 1. The summed E-state index contributed by atoms with van der Waals surface area (Å²) >= 11 is 4.31. The van der Waals surface area contributed by atoms with Crippen molar-refractivity contribution in [2.24, 2.45) is 0 Å². The number of benzene rings is 2. The Morgan fingerprint density at radius 1 is 0.967 bits per heavy atom. The van der Waals surface area contributed by atoms with Crippen molar-refractivity contribution in [3.63, 3.8) is 0 Å². The predicted octanol–water partition coefficient (Wildman–Crippen LogP) is 7.13. The molecular formula is C26H30O2S2. The zero-order valence-electron chi connectivity index (χ0n) is 18.1. The Morgan fingerprint density at radius 2 is 1.63 bits per heavy atom. The summed E-state index contributed by atoms with van der Waals surface area (Å²) in [6.45, 7) is 6.99. The first-order chi connectivity index (χ1) is 14.4. The molecule has 1 fully saturated rings. The van der Waals surface area contributed by atoms with Crippen molar-refractivity contribution in [3.8, 4) is 0 Å². The Balaban J connectivity index is 1.60. The minimum Gasteiger partial charge on any atom is -0.462 e. The average molecular weight is 439 g/mol. The van der Waals surface area contributed by atoms with Gasteiger partial charge in [-0.25, -0.2) is 4.79 Å². The van der Waals surface area contributed by atoms with E-state index in [0.29, 0.717) is 12.2 Å². The van der Waals surface area contributed by atoms with Crippen molar-refractivity contribution in [3.05, 3.63) is 70.3 Å². The van der Waals surface area contributed by atoms with Crippen LogP contribution in [0.15, 0.2) is 42.5 Å². The quantitative estimate of drug-likeness (QED) is 0.375. The van der Waals surface area contributed by atoms with Gasteiger partial charge in [0, 0.05) is 0 Å². The molecule has 1 saturated heterocycles. The highest BCUT2D eigenvalue weighted by atomic mass is 32.2. The molecule has 0 radical (unpaired) electrons. The third-order valence-electron chi connectivity index (χ3n) is 6.11. The van der Waals surface area contributed by atoms with E-state index >= 15 is 0 Å². The molecule has 0 saturated carbocycles. The van der Waals surface area contributed by atoms with Gasteiger partial charge >= 0.3 is 5.97 Å². The van der Waals surface area contributed by atoms with Gasteiger partial charge in [-0.15, -0.1) is 23.5 Å². The summed E-state index contributed by atoms with van der Waals surface area (Å²) in [5, 5.41) is 0. The summed E-state index contributed by atoms with van der Waals surface area (Å²) in [6.07, 6.45) is 8.13. The van der Waals surface area contributed by atoms with Crippen LogP contribution in [0.1, 0.15) is 72.6 Å². The first-order valence-corrected chi connectivity index (χ1v) is 12.8. The van der Waals surface area contributed by atoms with Gasteiger partial charge in [0.05, 0.1) is 16.2 Å². The van der Waals surface area contributed by atoms with Crippen molar-refractivity contribution >= 4 is 41.6 Å². The van der Waals surface area contributed by atoms with Gasteiger partial charge in [-0.3, -0.25) is 0 Å². The van der Waals surface area contributed by atoms with Gasteiger partial charge in [-0.1, -0.05) is 50.3 Å². The molecule has 0 bridgehead atoms. The highest BCUT2D eigenvalue weighted by molar-refractivity contribution is 8.18. The number of hydrogen-bond acceptors (Lipinski definition) is 4. The Bertz CT molecular complexity index is 938. The van der Waals surface area contributed by atoms with Crippen LogP contribution in [0, 0.1) is 0 Å². The lowest BCUT2D eigenvalue weighted by Crippen LogP contribution is -2.35. The summed E-state index contributed by atoms with van der Waals surface area (Å²) in [4.78, 5) is 11.8. The Morgan fingerprint density at radius 3 is 2.33 bits per heavy atom. The SMILES string of the molecule is CCOC(=O)c1ccc(/C=C/c2ccc3c(c2)C2(CCC3(C)C)SCCCS2)cc1. The maximum Gasteiger partial charge on any atom is 0.338 e. The lowest BCUT2D eigenvalue weighted by molar-refractivity contribution is 0.0526. The summed E-state index contributed by atoms with van der Waals surface area (Å²) in [7, 11) is 0. The number of carbonyl (C=O) groups excluding carboxylic acids is 1. The zero-order chi connectivity index (χ0) is 21.2. The van der Waals surface area contributed by atoms with Crippen LogP contribution < -0.4 is 0 Å². The van der Waals surface area contributed by atoms with E-state index in [2.05, 4.69) is 67.7 Å². The van der Waals surface area contributed by atoms with Crippen molar-refractivity contribution in [1.82, 2.24) is 0 Å². The van der Waals surface area contributed by atoms with Gasteiger partial charge in [0.2, 0.25) is 0 Å². The van der Waals surface area contributed by atoms with E-state index < -0.39 is 0 Å². The van der Waals surface area contributed by atoms with E-state index in [4.69, 9.17) is 4.74 Å². The van der Waals surface area contributed by atoms with Gasteiger partial charge in [0.15, 0.2) is 0 Å². The van der Waals surface area contributed by atoms with E-state index in [9.17, 15) is 4.79 Å². The minimum absolute atomic E-state index is 0.230. The topological polar surface area (TPSA) is 26.3 Å². The van der Waals surface area contributed by atoms with Crippen LogP contribution in [0.3, 0.4) is 0 Å². The molecule has 2 aromatic rings. The fraction of sp³-hybridized carbons (Fsp3) is 0.423. The average Bonchev–Trinajstić information content (AvgIpc) is 2.77. The van der Waals surface area contributed by atoms with Gasteiger partial charge in [0.25, 0.3) is 0 Å². The summed E-state index contributed by atoms with van der Waals surface area (Å²) in [5.41, 5.74) is 6.21. The molecule has 0 N–H and O–H groups in total. The van der Waals surface area contributed by atoms with Gasteiger partial charge in [0.1, 0.15) is 0 Å². The Labute approximate surface area is 188 Å². The molecule has 2 aliphatic rings. The largest absolute Gasteiger partial charge is 0.462 e. The monoisotopic (exact) mass is 438 g/mol. The van der Waals surface area contributed by atoms with E-state index in [0.717, 1.165) is 5.56 Å². The minimum atomic E-state index is -0.266. The van der Waals surface area contributed by atoms with E-state index in [1.54, 1.807) is 0 Å².